The third-order valence-corrected chi connectivity index (χ3v) is 3.50. The smallest absolute Gasteiger partial charge is 0.0547 e. The van der Waals surface area contributed by atoms with Gasteiger partial charge in [-0.05, 0) is 38.4 Å². The second-order valence-electron chi connectivity index (χ2n) is 5.33. The molecule has 0 radical (unpaired) electrons. The summed E-state index contributed by atoms with van der Waals surface area (Å²) in [6.45, 7) is 9.51. The maximum Gasteiger partial charge on any atom is 0.0547 e. The van der Waals surface area contributed by atoms with E-state index in [1.807, 2.05) is 0 Å². The predicted octanol–water partition coefficient (Wildman–Crippen LogP) is 2.73. The van der Waals surface area contributed by atoms with Crippen LogP contribution in [0.3, 0.4) is 0 Å². The highest BCUT2D eigenvalue weighted by atomic mass is 15.1. The SMILES string of the molecule is CCCNCc1cccc(CN2CC=C(C)CC2)n1. The van der Waals surface area contributed by atoms with Crippen molar-refractivity contribution >= 4 is 0 Å². The molecule has 0 saturated carbocycles. The second kappa shape index (κ2) is 7.41. The summed E-state index contributed by atoms with van der Waals surface area (Å²) in [6.07, 6.45) is 4.69. The number of hydrogen-bond donors (Lipinski definition) is 1. The Morgan fingerprint density at radius 1 is 1.32 bits per heavy atom. The number of pyridine rings is 1. The number of hydrogen-bond acceptors (Lipinski definition) is 3. The van der Waals surface area contributed by atoms with Gasteiger partial charge in [0.15, 0.2) is 0 Å². The molecule has 1 aliphatic heterocycles. The molecular weight excluding hydrogens is 234 g/mol. The zero-order valence-electron chi connectivity index (χ0n) is 12.2. The Balaban J connectivity index is 1.88. The number of nitrogens with one attached hydrogen (secondary N) is 1. The summed E-state index contributed by atoms with van der Waals surface area (Å²) < 4.78 is 0. The van der Waals surface area contributed by atoms with E-state index in [9.17, 15) is 0 Å². The molecule has 3 heteroatoms. The van der Waals surface area contributed by atoms with Crippen molar-refractivity contribution < 1.29 is 0 Å². The first-order chi connectivity index (χ1) is 9.28. The van der Waals surface area contributed by atoms with Gasteiger partial charge in [-0.3, -0.25) is 9.88 Å². The van der Waals surface area contributed by atoms with Gasteiger partial charge in [0.05, 0.1) is 11.4 Å². The molecule has 0 bridgehead atoms. The van der Waals surface area contributed by atoms with Crippen LogP contribution in [-0.2, 0) is 13.1 Å². The van der Waals surface area contributed by atoms with E-state index in [2.05, 4.69) is 48.3 Å². The molecule has 0 atom stereocenters. The summed E-state index contributed by atoms with van der Waals surface area (Å²) in [5.74, 6) is 0. The second-order valence-corrected chi connectivity index (χ2v) is 5.33. The Labute approximate surface area is 116 Å². The zero-order valence-corrected chi connectivity index (χ0v) is 12.2. The van der Waals surface area contributed by atoms with Crippen LogP contribution in [0.25, 0.3) is 0 Å². The fourth-order valence-electron chi connectivity index (χ4n) is 2.29. The van der Waals surface area contributed by atoms with Gasteiger partial charge < -0.3 is 5.32 Å². The highest BCUT2D eigenvalue weighted by molar-refractivity contribution is 5.12. The van der Waals surface area contributed by atoms with Crippen LogP contribution < -0.4 is 5.32 Å². The standard InChI is InChI=1S/C16H25N3/c1-3-9-17-12-15-5-4-6-16(18-15)13-19-10-7-14(2)8-11-19/h4-7,17H,3,8-13H2,1-2H3. The van der Waals surface area contributed by atoms with E-state index in [1.165, 1.54) is 24.1 Å². The van der Waals surface area contributed by atoms with Gasteiger partial charge in [0.1, 0.15) is 0 Å². The van der Waals surface area contributed by atoms with Crippen molar-refractivity contribution in [3.8, 4) is 0 Å². The van der Waals surface area contributed by atoms with Gasteiger partial charge >= 0.3 is 0 Å². The third-order valence-electron chi connectivity index (χ3n) is 3.50. The van der Waals surface area contributed by atoms with Crippen LogP contribution in [-0.4, -0.2) is 29.5 Å². The monoisotopic (exact) mass is 259 g/mol. The van der Waals surface area contributed by atoms with Gasteiger partial charge in [0, 0.05) is 26.2 Å². The van der Waals surface area contributed by atoms with Gasteiger partial charge in [-0.15, -0.1) is 0 Å². The molecule has 2 rings (SSSR count). The zero-order chi connectivity index (χ0) is 13.5. The third kappa shape index (κ3) is 4.77. The maximum atomic E-state index is 4.73. The van der Waals surface area contributed by atoms with Crippen molar-refractivity contribution in [3.63, 3.8) is 0 Å². The molecule has 0 amide bonds. The van der Waals surface area contributed by atoms with Crippen molar-refractivity contribution in [2.24, 2.45) is 0 Å². The Morgan fingerprint density at radius 3 is 2.89 bits per heavy atom. The molecule has 1 aliphatic rings. The lowest BCUT2D eigenvalue weighted by Crippen LogP contribution is -2.28. The fraction of sp³-hybridized carbons (Fsp3) is 0.562. The topological polar surface area (TPSA) is 28.2 Å². The molecule has 1 N–H and O–H groups in total. The van der Waals surface area contributed by atoms with Crippen LogP contribution in [0.2, 0.25) is 0 Å². The summed E-state index contributed by atoms with van der Waals surface area (Å²) in [7, 11) is 0. The largest absolute Gasteiger partial charge is 0.311 e. The van der Waals surface area contributed by atoms with Crippen molar-refractivity contribution in [1.29, 1.82) is 0 Å². The predicted molar refractivity (Wildman–Crippen MR) is 79.9 cm³/mol. The summed E-state index contributed by atoms with van der Waals surface area (Å²) in [5, 5.41) is 3.40. The molecular formula is C16H25N3. The first kappa shape index (κ1) is 14.2. The van der Waals surface area contributed by atoms with Crippen LogP contribution in [0.4, 0.5) is 0 Å². The molecule has 19 heavy (non-hydrogen) atoms. The van der Waals surface area contributed by atoms with E-state index in [0.29, 0.717) is 0 Å². The molecule has 0 fully saturated rings. The Morgan fingerprint density at radius 2 is 2.16 bits per heavy atom. The minimum atomic E-state index is 0.876. The van der Waals surface area contributed by atoms with E-state index in [-0.39, 0.29) is 0 Å². The summed E-state index contributed by atoms with van der Waals surface area (Å²) in [5.41, 5.74) is 3.85. The minimum absolute atomic E-state index is 0.876. The highest BCUT2D eigenvalue weighted by Gasteiger charge is 2.10. The summed E-state index contributed by atoms with van der Waals surface area (Å²) >= 11 is 0. The molecule has 3 nitrogen and oxygen atoms in total. The molecule has 104 valence electrons. The van der Waals surface area contributed by atoms with Gasteiger partial charge in [-0.2, -0.15) is 0 Å². The van der Waals surface area contributed by atoms with Crippen LogP contribution in [0.1, 0.15) is 38.1 Å². The van der Waals surface area contributed by atoms with Gasteiger partial charge in [0.25, 0.3) is 0 Å². The summed E-state index contributed by atoms with van der Waals surface area (Å²) in [6, 6.07) is 6.36. The van der Waals surface area contributed by atoms with E-state index in [4.69, 9.17) is 4.98 Å². The van der Waals surface area contributed by atoms with Crippen LogP contribution in [0.15, 0.2) is 29.8 Å². The van der Waals surface area contributed by atoms with Crippen LogP contribution in [0.5, 0.6) is 0 Å². The average Bonchev–Trinajstić information content (AvgIpc) is 2.42. The lowest BCUT2D eigenvalue weighted by atomic mass is 10.1. The van der Waals surface area contributed by atoms with E-state index >= 15 is 0 Å². The van der Waals surface area contributed by atoms with Crippen LogP contribution in [0, 0.1) is 0 Å². The van der Waals surface area contributed by atoms with E-state index in [1.54, 1.807) is 0 Å². The fourth-order valence-corrected chi connectivity index (χ4v) is 2.29. The molecule has 0 saturated heterocycles. The van der Waals surface area contributed by atoms with Gasteiger partial charge in [-0.1, -0.05) is 24.6 Å². The Kier molecular flexibility index (Phi) is 5.55. The van der Waals surface area contributed by atoms with E-state index < -0.39 is 0 Å². The minimum Gasteiger partial charge on any atom is -0.311 e. The average molecular weight is 259 g/mol. The van der Waals surface area contributed by atoms with Crippen molar-refractivity contribution in [2.75, 3.05) is 19.6 Å². The first-order valence-corrected chi connectivity index (χ1v) is 7.31. The molecule has 0 aromatic carbocycles. The lowest BCUT2D eigenvalue weighted by molar-refractivity contribution is 0.282. The lowest BCUT2D eigenvalue weighted by Gasteiger charge is -2.24. The van der Waals surface area contributed by atoms with Crippen molar-refractivity contribution in [1.82, 2.24) is 15.2 Å². The van der Waals surface area contributed by atoms with E-state index in [0.717, 1.165) is 38.4 Å². The quantitative estimate of drug-likeness (QED) is 0.629. The number of aromatic nitrogens is 1. The highest BCUT2D eigenvalue weighted by Crippen LogP contribution is 2.12. The van der Waals surface area contributed by atoms with Gasteiger partial charge in [0.2, 0.25) is 0 Å². The Hall–Kier alpha value is -1.19. The Bertz CT molecular complexity index is 426. The molecule has 1 aromatic heterocycles. The molecule has 2 heterocycles. The molecule has 0 unspecified atom stereocenters. The van der Waals surface area contributed by atoms with Crippen molar-refractivity contribution in [2.45, 2.75) is 39.8 Å². The first-order valence-electron chi connectivity index (χ1n) is 7.31. The van der Waals surface area contributed by atoms with Crippen LogP contribution >= 0.6 is 0 Å². The molecule has 0 aliphatic carbocycles. The summed E-state index contributed by atoms with van der Waals surface area (Å²) in [4.78, 5) is 7.19. The maximum absolute atomic E-state index is 4.73. The van der Waals surface area contributed by atoms with Gasteiger partial charge in [-0.25, -0.2) is 0 Å². The van der Waals surface area contributed by atoms with Crippen molar-refractivity contribution in [3.05, 3.63) is 41.2 Å². The number of rotatable bonds is 6. The number of nitrogens with zero attached hydrogens (tertiary/aromatic N) is 2. The normalized spacial score (nSPS) is 16.4. The molecule has 0 spiro atoms. The molecule has 1 aromatic rings.